The van der Waals surface area contributed by atoms with E-state index in [0.717, 1.165) is 0 Å². The van der Waals surface area contributed by atoms with Crippen LogP contribution in [0.15, 0.2) is 34.0 Å². The number of nitrogens with zero attached hydrogens (tertiary/aromatic N) is 4. The average molecular weight is 332 g/mol. The molecule has 0 radical (unpaired) electrons. The number of nitrogens with one attached hydrogen (secondary N) is 1. The molecule has 0 fully saturated rings. The van der Waals surface area contributed by atoms with Gasteiger partial charge in [-0.1, -0.05) is 11.3 Å². The van der Waals surface area contributed by atoms with Gasteiger partial charge in [-0.15, -0.1) is 5.10 Å². The van der Waals surface area contributed by atoms with E-state index in [4.69, 9.17) is 0 Å². The summed E-state index contributed by atoms with van der Waals surface area (Å²) >= 11 is 3.05. The van der Waals surface area contributed by atoms with Gasteiger partial charge in [-0.05, 0) is 28.1 Å². The van der Waals surface area contributed by atoms with Crippen molar-refractivity contribution in [2.75, 3.05) is 0 Å². The minimum atomic E-state index is -3.68. The van der Waals surface area contributed by atoms with Gasteiger partial charge >= 0.3 is 0 Å². The molecular formula is C9H10BrN5O2S. The largest absolute Gasteiger partial charge is 0.260 e. The molecular weight excluding hydrogens is 322 g/mol. The molecule has 2 aromatic rings. The van der Waals surface area contributed by atoms with Gasteiger partial charge in [0.15, 0.2) is 4.60 Å². The molecule has 18 heavy (non-hydrogen) atoms. The van der Waals surface area contributed by atoms with Crippen LogP contribution in [0.4, 0.5) is 0 Å². The summed E-state index contributed by atoms with van der Waals surface area (Å²) in [7, 11) is -2.17. The van der Waals surface area contributed by atoms with E-state index < -0.39 is 10.0 Å². The second-order valence-corrected chi connectivity index (χ2v) is 5.89. The standard InChI is InChI=1S/C9H10BrN5O2S/c1-15-9(8(10)13-14-15)18(16,17)12-6-7-4-2-3-5-11-7/h2-5,12H,6H2,1H3. The van der Waals surface area contributed by atoms with Crippen LogP contribution < -0.4 is 4.72 Å². The van der Waals surface area contributed by atoms with Gasteiger partial charge in [0.25, 0.3) is 10.0 Å². The second kappa shape index (κ2) is 5.12. The fourth-order valence-corrected chi connectivity index (χ4v) is 3.44. The normalized spacial score (nSPS) is 11.7. The number of halogens is 1. The second-order valence-electron chi connectivity index (χ2n) is 3.45. The molecule has 0 bridgehead atoms. The Morgan fingerprint density at radius 2 is 2.22 bits per heavy atom. The van der Waals surface area contributed by atoms with Crippen LogP contribution in [-0.2, 0) is 23.6 Å². The van der Waals surface area contributed by atoms with E-state index in [1.807, 2.05) is 0 Å². The van der Waals surface area contributed by atoms with Crippen LogP contribution in [0.25, 0.3) is 0 Å². The van der Waals surface area contributed by atoms with E-state index in [-0.39, 0.29) is 16.2 Å². The first kappa shape index (κ1) is 13.1. The first-order valence-corrected chi connectivity index (χ1v) is 7.23. The highest BCUT2D eigenvalue weighted by molar-refractivity contribution is 9.10. The van der Waals surface area contributed by atoms with Gasteiger partial charge in [-0.2, -0.15) is 0 Å². The lowest BCUT2D eigenvalue weighted by Gasteiger charge is -2.06. The third kappa shape index (κ3) is 2.74. The molecule has 0 aliphatic carbocycles. The molecule has 7 nitrogen and oxygen atoms in total. The van der Waals surface area contributed by atoms with Crippen molar-refractivity contribution in [1.82, 2.24) is 24.7 Å². The van der Waals surface area contributed by atoms with E-state index in [1.165, 1.54) is 11.7 Å². The topological polar surface area (TPSA) is 89.8 Å². The first-order valence-electron chi connectivity index (χ1n) is 4.95. The van der Waals surface area contributed by atoms with Crippen LogP contribution in [0.5, 0.6) is 0 Å². The van der Waals surface area contributed by atoms with Crippen LogP contribution in [-0.4, -0.2) is 28.4 Å². The van der Waals surface area contributed by atoms with Crippen LogP contribution in [0.3, 0.4) is 0 Å². The van der Waals surface area contributed by atoms with Gasteiger partial charge in [-0.25, -0.2) is 17.8 Å². The van der Waals surface area contributed by atoms with Crippen molar-refractivity contribution in [2.24, 2.45) is 7.05 Å². The fraction of sp³-hybridized carbons (Fsp3) is 0.222. The minimum Gasteiger partial charge on any atom is -0.260 e. The summed E-state index contributed by atoms with van der Waals surface area (Å²) < 4.78 is 27.9. The molecule has 0 saturated carbocycles. The third-order valence-electron chi connectivity index (χ3n) is 2.16. The van der Waals surface area contributed by atoms with E-state index in [1.54, 1.807) is 24.4 Å². The lowest BCUT2D eigenvalue weighted by Crippen LogP contribution is -2.26. The molecule has 96 valence electrons. The quantitative estimate of drug-likeness (QED) is 0.878. The number of rotatable bonds is 4. The molecule has 0 saturated heterocycles. The molecule has 0 aromatic carbocycles. The summed E-state index contributed by atoms with van der Waals surface area (Å²) in [4.78, 5) is 4.03. The van der Waals surface area contributed by atoms with E-state index in [2.05, 4.69) is 35.9 Å². The van der Waals surface area contributed by atoms with Crippen LogP contribution in [0.1, 0.15) is 5.69 Å². The van der Waals surface area contributed by atoms with Gasteiger partial charge in [0, 0.05) is 13.2 Å². The van der Waals surface area contributed by atoms with E-state index in [9.17, 15) is 8.42 Å². The van der Waals surface area contributed by atoms with Gasteiger partial charge in [-0.3, -0.25) is 4.98 Å². The Morgan fingerprint density at radius 1 is 1.44 bits per heavy atom. The Morgan fingerprint density at radius 3 is 2.78 bits per heavy atom. The average Bonchev–Trinajstić information content (AvgIpc) is 2.69. The van der Waals surface area contributed by atoms with Crippen molar-refractivity contribution in [3.8, 4) is 0 Å². The SMILES string of the molecule is Cn1nnc(Br)c1S(=O)(=O)NCc1ccccn1. The van der Waals surface area contributed by atoms with Gasteiger partial charge < -0.3 is 0 Å². The Hall–Kier alpha value is -1.32. The molecule has 0 spiro atoms. The molecule has 9 heteroatoms. The van der Waals surface area contributed by atoms with Crippen LogP contribution >= 0.6 is 15.9 Å². The summed E-state index contributed by atoms with van der Waals surface area (Å²) in [5, 5.41) is 7.24. The predicted molar refractivity (Wildman–Crippen MR) is 67.0 cm³/mol. The number of pyridine rings is 1. The lowest BCUT2D eigenvalue weighted by atomic mass is 10.4. The van der Waals surface area contributed by atoms with Crippen molar-refractivity contribution >= 4 is 26.0 Å². The van der Waals surface area contributed by atoms with Crippen molar-refractivity contribution < 1.29 is 8.42 Å². The molecule has 2 aromatic heterocycles. The van der Waals surface area contributed by atoms with Crippen molar-refractivity contribution in [1.29, 1.82) is 0 Å². The van der Waals surface area contributed by atoms with Crippen LogP contribution in [0.2, 0.25) is 0 Å². The monoisotopic (exact) mass is 331 g/mol. The summed E-state index contributed by atoms with van der Waals surface area (Å²) in [6.45, 7) is 0.112. The zero-order chi connectivity index (χ0) is 13.2. The van der Waals surface area contributed by atoms with Gasteiger partial charge in [0.1, 0.15) is 0 Å². The van der Waals surface area contributed by atoms with Crippen molar-refractivity contribution in [2.45, 2.75) is 11.6 Å². The molecule has 2 heterocycles. The highest BCUT2D eigenvalue weighted by Crippen LogP contribution is 2.17. The third-order valence-corrected chi connectivity index (χ3v) is 4.45. The summed E-state index contributed by atoms with van der Waals surface area (Å²) in [6.07, 6.45) is 1.60. The predicted octanol–water partition coefficient (Wildman–Crippen LogP) is 0.451. The molecule has 0 atom stereocenters. The number of hydrogen-bond donors (Lipinski definition) is 1. The lowest BCUT2D eigenvalue weighted by molar-refractivity contribution is 0.559. The number of hydrogen-bond acceptors (Lipinski definition) is 5. The molecule has 2 rings (SSSR count). The number of aromatic nitrogens is 4. The highest BCUT2D eigenvalue weighted by atomic mass is 79.9. The van der Waals surface area contributed by atoms with E-state index in [0.29, 0.717) is 5.69 Å². The molecule has 1 N–H and O–H groups in total. The highest BCUT2D eigenvalue weighted by Gasteiger charge is 2.23. The maximum Gasteiger partial charge on any atom is 0.260 e. The van der Waals surface area contributed by atoms with Crippen LogP contribution in [0, 0.1) is 0 Å². The zero-order valence-corrected chi connectivity index (χ0v) is 11.8. The number of sulfonamides is 1. The maximum absolute atomic E-state index is 12.0. The summed E-state index contributed by atoms with van der Waals surface area (Å²) in [5.41, 5.74) is 0.632. The molecule has 0 aliphatic rings. The van der Waals surface area contributed by atoms with Gasteiger partial charge in [0.2, 0.25) is 5.03 Å². The summed E-state index contributed by atoms with van der Waals surface area (Å²) in [5.74, 6) is 0. The minimum absolute atomic E-state index is 0.0153. The van der Waals surface area contributed by atoms with E-state index >= 15 is 0 Å². The molecule has 0 amide bonds. The number of aryl methyl sites for hydroxylation is 1. The van der Waals surface area contributed by atoms with Gasteiger partial charge in [0.05, 0.1) is 12.2 Å². The smallest absolute Gasteiger partial charge is 0.260 e. The Balaban J connectivity index is 2.19. The van der Waals surface area contributed by atoms with Crippen molar-refractivity contribution in [3.05, 3.63) is 34.7 Å². The fourth-order valence-electron chi connectivity index (χ4n) is 1.35. The maximum atomic E-state index is 12.0. The Kier molecular flexibility index (Phi) is 3.73. The summed E-state index contributed by atoms with van der Waals surface area (Å²) in [6, 6.07) is 5.29. The van der Waals surface area contributed by atoms with Crippen molar-refractivity contribution in [3.63, 3.8) is 0 Å². The Bertz CT molecular complexity index is 621. The molecule has 0 unspecified atom stereocenters. The zero-order valence-electron chi connectivity index (χ0n) is 9.41. The first-order chi connectivity index (χ1) is 8.50. The molecule has 0 aliphatic heterocycles. The Labute approximate surface area is 112 Å².